The van der Waals surface area contributed by atoms with Crippen molar-refractivity contribution in [2.24, 2.45) is 0 Å². The standard InChI is InChI=1S/C18H19F3N2O3S/c1-3-24-16(18(19,20)21)12-26-15-7-5-13(6-8-15)10-23-11-14(9-22-23)17(27)25-4-2/h5-9,11-12H,3-4,10H2,1-2H3/b16-12-. The Kier molecular flexibility index (Phi) is 7.23. The Morgan fingerprint density at radius 1 is 1.15 bits per heavy atom. The van der Waals surface area contributed by atoms with Gasteiger partial charge in [-0.2, -0.15) is 18.3 Å². The van der Waals surface area contributed by atoms with Crippen LogP contribution in [0.5, 0.6) is 5.75 Å². The van der Waals surface area contributed by atoms with E-state index >= 15 is 0 Å². The monoisotopic (exact) mass is 400 g/mol. The number of aromatic nitrogens is 2. The predicted octanol–water partition coefficient (Wildman–Crippen LogP) is 4.46. The number of allylic oxidation sites excluding steroid dienone is 1. The molecule has 0 aliphatic carbocycles. The van der Waals surface area contributed by atoms with Crippen molar-refractivity contribution in [3.8, 4) is 5.75 Å². The number of thiocarbonyl (C=S) groups is 1. The molecule has 0 N–H and O–H groups in total. The van der Waals surface area contributed by atoms with E-state index in [1.165, 1.54) is 6.92 Å². The molecule has 27 heavy (non-hydrogen) atoms. The van der Waals surface area contributed by atoms with Crippen LogP contribution in [0.2, 0.25) is 0 Å². The minimum absolute atomic E-state index is 0.105. The summed E-state index contributed by atoms with van der Waals surface area (Å²) >= 11 is 5.12. The maximum absolute atomic E-state index is 12.7. The van der Waals surface area contributed by atoms with E-state index in [1.54, 1.807) is 41.3 Å². The number of alkyl halides is 3. The maximum atomic E-state index is 12.7. The van der Waals surface area contributed by atoms with Gasteiger partial charge in [0, 0.05) is 6.20 Å². The molecule has 1 aromatic heterocycles. The van der Waals surface area contributed by atoms with Crippen molar-refractivity contribution in [3.63, 3.8) is 0 Å². The third-order valence-electron chi connectivity index (χ3n) is 3.29. The molecule has 146 valence electrons. The summed E-state index contributed by atoms with van der Waals surface area (Å²) in [6.45, 7) is 4.17. The van der Waals surface area contributed by atoms with E-state index in [0.717, 1.165) is 5.56 Å². The van der Waals surface area contributed by atoms with Crippen LogP contribution in [0, 0.1) is 0 Å². The fraction of sp³-hybridized carbons (Fsp3) is 0.333. The Labute approximate surface area is 160 Å². The molecule has 0 aliphatic heterocycles. The van der Waals surface area contributed by atoms with Gasteiger partial charge in [-0.15, -0.1) is 0 Å². The summed E-state index contributed by atoms with van der Waals surface area (Å²) in [6, 6.07) is 6.61. The molecule has 9 heteroatoms. The first kappa shape index (κ1) is 20.8. The molecular weight excluding hydrogens is 381 g/mol. The molecule has 0 saturated carbocycles. The normalized spacial score (nSPS) is 12.0. The lowest BCUT2D eigenvalue weighted by atomic mass is 10.2. The summed E-state index contributed by atoms with van der Waals surface area (Å²) in [5.41, 5.74) is 1.61. The van der Waals surface area contributed by atoms with Crippen LogP contribution in [-0.2, 0) is 16.0 Å². The third kappa shape index (κ3) is 6.28. The second-order valence-electron chi connectivity index (χ2n) is 5.32. The molecule has 2 aromatic rings. The highest BCUT2D eigenvalue weighted by Gasteiger charge is 2.36. The van der Waals surface area contributed by atoms with Gasteiger partial charge >= 0.3 is 6.18 Å². The summed E-state index contributed by atoms with van der Waals surface area (Å²) in [7, 11) is 0. The van der Waals surface area contributed by atoms with Crippen molar-refractivity contribution < 1.29 is 27.4 Å². The van der Waals surface area contributed by atoms with E-state index in [9.17, 15) is 13.2 Å². The minimum atomic E-state index is -4.60. The molecule has 1 heterocycles. The number of rotatable bonds is 8. The zero-order valence-corrected chi connectivity index (χ0v) is 15.6. The number of hydrogen-bond donors (Lipinski definition) is 0. The van der Waals surface area contributed by atoms with Gasteiger partial charge in [0.2, 0.25) is 5.76 Å². The number of ether oxygens (including phenoxy) is 3. The van der Waals surface area contributed by atoms with E-state index in [4.69, 9.17) is 21.7 Å². The topological polar surface area (TPSA) is 45.5 Å². The summed E-state index contributed by atoms with van der Waals surface area (Å²) in [6.07, 6.45) is -0.654. The molecule has 5 nitrogen and oxygen atoms in total. The molecule has 1 aromatic carbocycles. The van der Waals surface area contributed by atoms with Gasteiger partial charge in [-0.3, -0.25) is 4.68 Å². The van der Waals surface area contributed by atoms with E-state index in [-0.39, 0.29) is 12.4 Å². The molecule has 0 amide bonds. The Hall–Kier alpha value is -2.55. The Morgan fingerprint density at radius 3 is 2.41 bits per heavy atom. The average molecular weight is 400 g/mol. The molecule has 2 rings (SSSR count). The number of benzene rings is 1. The van der Waals surface area contributed by atoms with Crippen molar-refractivity contribution in [1.29, 1.82) is 0 Å². The predicted molar refractivity (Wildman–Crippen MR) is 97.5 cm³/mol. The van der Waals surface area contributed by atoms with Crippen LogP contribution in [0.1, 0.15) is 25.0 Å². The first-order valence-corrected chi connectivity index (χ1v) is 8.59. The lowest BCUT2D eigenvalue weighted by Gasteiger charge is -2.12. The minimum Gasteiger partial charge on any atom is -0.487 e. The second-order valence-corrected chi connectivity index (χ2v) is 5.69. The lowest BCUT2D eigenvalue weighted by Crippen LogP contribution is -2.15. The maximum Gasteiger partial charge on any atom is 0.452 e. The highest BCUT2D eigenvalue weighted by atomic mass is 32.1. The van der Waals surface area contributed by atoms with Crippen molar-refractivity contribution >= 4 is 17.3 Å². The molecule has 0 atom stereocenters. The van der Waals surface area contributed by atoms with Crippen molar-refractivity contribution in [2.75, 3.05) is 13.2 Å². The molecule has 0 bridgehead atoms. The van der Waals surface area contributed by atoms with Crippen LogP contribution in [0.3, 0.4) is 0 Å². The van der Waals surface area contributed by atoms with Crippen LogP contribution in [0.15, 0.2) is 48.7 Å². The molecule has 0 unspecified atom stereocenters. The summed E-state index contributed by atoms with van der Waals surface area (Å²) < 4.78 is 54.7. The molecular formula is C18H19F3N2O3S. The van der Waals surface area contributed by atoms with Crippen LogP contribution in [-0.4, -0.2) is 34.2 Å². The van der Waals surface area contributed by atoms with Gasteiger partial charge in [-0.1, -0.05) is 12.1 Å². The Morgan fingerprint density at radius 2 is 1.81 bits per heavy atom. The zero-order chi connectivity index (χ0) is 19.9. The lowest BCUT2D eigenvalue weighted by molar-refractivity contribution is -0.132. The summed E-state index contributed by atoms with van der Waals surface area (Å²) in [5, 5.41) is 4.59. The van der Waals surface area contributed by atoms with Crippen LogP contribution in [0.4, 0.5) is 13.2 Å². The fourth-order valence-electron chi connectivity index (χ4n) is 2.09. The van der Waals surface area contributed by atoms with E-state index in [2.05, 4.69) is 9.84 Å². The third-order valence-corrected chi connectivity index (χ3v) is 3.65. The summed E-state index contributed by atoms with van der Waals surface area (Å²) in [5.74, 6) is -0.915. The van der Waals surface area contributed by atoms with Crippen LogP contribution >= 0.6 is 12.2 Å². The number of nitrogens with zero attached hydrogens (tertiary/aromatic N) is 2. The smallest absolute Gasteiger partial charge is 0.452 e. The molecule has 0 spiro atoms. The second kappa shape index (κ2) is 9.40. The first-order valence-electron chi connectivity index (χ1n) is 8.18. The van der Waals surface area contributed by atoms with E-state index in [1.807, 2.05) is 6.92 Å². The van der Waals surface area contributed by atoms with Crippen LogP contribution < -0.4 is 4.74 Å². The van der Waals surface area contributed by atoms with Gasteiger partial charge in [0.1, 0.15) is 12.0 Å². The number of hydrogen-bond acceptors (Lipinski definition) is 5. The quantitative estimate of drug-likeness (QED) is 0.484. The molecule has 0 saturated heterocycles. The van der Waals surface area contributed by atoms with Gasteiger partial charge in [0.25, 0.3) is 0 Å². The van der Waals surface area contributed by atoms with Crippen molar-refractivity contribution in [2.45, 2.75) is 26.6 Å². The van der Waals surface area contributed by atoms with Crippen molar-refractivity contribution in [1.82, 2.24) is 9.78 Å². The highest BCUT2D eigenvalue weighted by molar-refractivity contribution is 7.80. The SMILES string of the molecule is CCOC(=S)c1cnn(Cc2ccc(O/C=C(\OCC)C(F)(F)F)cc2)c1. The molecule has 0 radical (unpaired) electrons. The largest absolute Gasteiger partial charge is 0.487 e. The van der Waals surface area contributed by atoms with Gasteiger partial charge in [-0.05, 0) is 43.8 Å². The van der Waals surface area contributed by atoms with Gasteiger partial charge < -0.3 is 14.2 Å². The zero-order valence-electron chi connectivity index (χ0n) is 14.8. The average Bonchev–Trinajstić information content (AvgIpc) is 3.08. The van der Waals surface area contributed by atoms with Gasteiger partial charge in [0.15, 0.2) is 5.05 Å². The highest BCUT2D eigenvalue weighted by Crippen LogP contribution is 2.27. The Bertz CT molecular complexity index is 786. The van der Waals surface area contributed by atoms with Crippen LogP contribution in [0.25, 0.3) is 0 Å². The fourth-order valence-corrected chi connectivity index (χ4v) is 2.31. The molecule has 0 aliphatic rings. The van der Waals surface area contributed by atoms with E-state index < -0.39 is 11.9 Å². The van der Waals surface area contributed by atoms with E-state index in [0.29, 0.717) is 30.0 Å². The first-order chi connectivity index (χ1) is 12.8. The van der Waals surface area contributed by atoms with Gasteiger partial charge in [0.05, 0.1) is 31.5 Å². The molecule has 0 fully saturated rings. The summed E-state index contributed by atoms with van der Waals surface area (Å²) in [4.78, 5) is 0. The van der Waals surface area contributed by atoms with Crippen molar-refractivity contribution in [3.05, 3.63) is 59.8 Å². The Balaban J connectivity index is 2.00. The number of halogens is 3. The van der Waals surface area contributed by atoms with Gasteiger partial charge in [-0.25, -0.2) is 0 Å².